The van der Waals surface area contributed by atoms with E-state index in [-0.39, 0.29) is 0 Å². The van der Waals surface area contributed by atoms with E-state index in [1.807, 2.05) is 90.8 Å². The van der Waals surface area contributed by atoms with Gasteiger partial charge >= 0.3 is 0 Å². The second kappa shape index (κ2) is 8.76. The van der Waals surface area contributed by atoms with Crippen molar-refractivity contribution in [3.63, 3.8) is 0 Å². The van der Waals surface area contributed by atoms with Gasteiger partial charge in [0.2, 0.25) is 0 Å². The highest BCUT2D eigenvalue weighted by atomic mass is 35.5. The van der Waals surface area contributed by atoms with Gasteiger partial charge in [-0.15, -0.1) is 0 Å². The Kier molecular flexibility index (Phi) is 5.73. The first-order valence-electron chi connectivity index (χ1n) is 9.43. The summed E-state index contributed by atoms with van der Waals surface area (Å²) < 4.78 is 1.74. The fourth-order valence-corrected chi connectivity index (χ4v) is 3.40. The topological polar surface area (TPSA) is 33.4 Å². The molecule has 0 unspecified atom stereocenters. The third-order valence-electron chi connectivity index (χ3n) is 4.60. The minimum Gasteiger partial charge on any atom is -0.261 e. The van der Waals surface area contributed by atoms with Crippen molar-refractivity contribution in [3.8, 4) is 5.69 Å². The maximum atomic E-state index is 6.64. The number of hydrogen-bond donors (Lipinski definition) is 0. The Morgan fingerprint density at radius 1 is 0.897 bits per heavy atom. The van der Waals surface area contributed by atoms with E-state index in [1.54, 1.807) is 10.9 Å². The Morgan fingerprint density at radius 3 is 2.14 bits per heavy atom. The number of halogens is 1. The van der Waals surface area contributed by atoms with Crippen LogP contribution in [0.4, 0.5) is 5.69 Å². The fourth-order valence-electron chi connectivity index (χ4n) is 3.08. The fraction of sp³-hybridized carbons (Fsp3) is 0.0833. The van der Waals surface area contributed by atoms with Crippen molar-refractivity contribution >= 4 is 23.5 Å². The zero-order valence-electron chi connectivity index (χ0n) is 16.1. The zero-order valence-corrected chi connectivity index (χ0v) is 16.9. The normalized spacial score (nSPS) is 11.1. The molecule has 0 bridgehead atoms. The van der Waals surface area contributed by atoms with Crippen LogP contribution < -0.4 is 5.01 Å². The number of anilines is 1. The molecule has 0 saturated carbocycles. The summed E-state index contributed by atoms with van der Waals surface area (Å²) in [4.78, 5) is 0. The molecule has 0 aliphatic heterocycles. The van der Waals surface area contributed by atoms with Gasteiger partial charge in [0, 0.05) is 0 Å². The number of hydrazone groups is 1. The average molecular weight is 401 g/mol. The minimum absolute atomic E-state index is 0.546. The number of aryl methyl sites for hydroxylation is 1. The Labute approximate surface area is 175 Å². The van der Waals surface area contributed by atoms with Crippen LogP contribution in [0, 0.1) is 6.92 Å². The molecule has 0 fully saturated rings. The number of para-hydroxylation sites is 2. The van der Waals surface area contributed by atoms with Gasteiger partial charge in [-0.2, -0.15) is 10.2 Å². The molecular weight excluding hydrogens is 380 g/mol. The summed E-state index contributed by atoms with van der Waals surface area (Å²) in [6, 6.07) is 30.2. The van der Waals surface area contributed by atoms with Crippen molar-refractivity contribution < 1.29 is 0 Å². The standard InChI is InChI=1S/C24H21ClN4/c1-19-23(24(25)29(27-19)22-15-9-4-10-16-22)17-26-28(21-13-7-3-8-14-21)18-20-11-5-2-6-12-20/h2-17H,18H2,1H3. The van der Waals surface area contributed by atoms with E-state index in [4.69, 9.17) is 16.7 Å². The maximum absolute atomic E-state index is 6.64. The van der Waals surface area contributed by atoms with Gasteiger partial charge in [0.25, 0.3) is 0 Å². The summed E-state index contributed by atoms with van der Waals surface area (Å²) >= 11 is 6.64. The maximum Gasteiger partial charge on any atom is 0.142 e. The SMILES string of the molecule is Cc1nn(-c2ccccc2)c(Cl)c1C=NN(Cc1ccccc1)c1ccccc1. The predicted octanol–water partition coefficient (Wildman–Crippen LogP) is 5.87. The summed E-state index contributed by atoms with van der Waals surface area (Å²) in [5, 5.41) is 11.9. The van der Waals surface area contributed by atoms with E-state index in [9.17, 15) is 0 Å². The number of benzene rings is 3. The Hall–Kier alpha value is -3.37. The molecule has 0 radical (unpaired) electrons. The highest BCUT2D eigenvalue weighted by Gasteiger charge is 2.14. The van der Waals surface area contributed by atoms with E-state index in [0.717, 1.165) is 22.6 Å². The van der Waals surface area contributed by atoms with Gasteiger partial charge in [0.1, 0.15) is 5.15 Å². The molecule has 29 heavy (non-hydrogen) atoms. The molecule has 0 saturated heterocycles. The van der Waals surface area contributed by atoms with Crippen molar-refractivity contribution in [3.05, 3.63) is 113 Å². The van der Waals surface area contributed by atoms with E-state index >= 15 is 0 Å². The van der Waals surface area contributed by atoms with Crippen LogP contribution in [0.3, 0.4) is 0 Å². The van der Waals surface area contributed by atoms with Crippen LogP contribution in [0.5, 0.6) is 0 Å². The molecule has 5 heteroatoms. The Morgan fingerprint density at radius 2 is 1.48 bits per heavy atom. The predicted molar refractivity (Wildman–Crippen MR) is 120 cm³/mol. The first-order valence-corrected chi connectivity index (χ1v) is 9.81. The lowest BCUT2D eigenvalue weighted by Gasteiger charge is -2.19. The van der Waals surface area contributed by atoms with Crippen LogP contribution in [-0.2, 0) is 6.54 Å². The first kappa shape index (κ1) is 19.0. The number of rotatable bonds is 6. The molecule has 0 spiro atoms. The lowest BCUT2D eigenvalue weighted by atomic mass is 10.2. The van der Waals surface area contributed by atoms with Crippen LogP contribution in [0.25, 0.3) is 5.69 Å². The van der Waals surface area contributed by atoms with Crippen molar-refractivity contribution in [1.29, 1.82) is 0 Å². The molecule has 1 aromatic heterocycles. The van der Waals surface area contributed by atoms with Crippen LogP contribution in [-0.4, -0.2) is 16.0 Å². The van der Waals surface area contributed by atoms with Gasteiger partial charge in [-0.25, -0.2) is 4.68 Å². The second-order valence-electron chi connectivity index (χ2n) is 6.66. The largest absolute Gasteiger partial charge is 0.261 e. The van der Waals surface area contributed by atoms with Gasteiger partial charge in [0.05, 0.1) is 35.4 Å². The van der Waals surface area contributed by atoms with E-state index in [0.29, 0.717) is 11.7 Å². The van der Waals surface area contributed by atoms with Crippen LogP contribution in [0.2, 0.25) is 5.15 Å². The van der Waals surface area contributed by atoms with Crippen molar-refractivity contribution in [2.24, 2.45) is 5.10 Å². The van der Waals surface area contributed by atoms with Gasteiger partial charge in [-0.1, -0.05) is 78.3 Å². The zero-order chi connectivity index (χ0) is 20.1. The molecule has 0 atom stereocenters. The van der Waals surface area contributed by atoms with Crippen LogP contribution in [0.15, 0.2) is 96.1 Å². The molecule has 0 aliphatic carbocycles. The van der Waals surface area contributed by atoms with Crippen molar-refractivity contribution in [1.82, 2.24) is 9.78 Å². The molecule has 3 aromatic carbocycles. The van der Waals surface area contributed by atoms with Crippen molar-refractivity contribution in [2.45, 2.75) is 13.5 Å². The molecule has 1 heterocycles. The smallest absolute Gasteiger partial charge is 0.142 e. The molecule has 0 aliphatic rings. The summed E-state index contributed by atoms with van der Waals surface area (Å²) in [6.45, 7) is 2.60. The van der Waals surface area contributed by atoms with Gasteiger partial charge < -0.3 is 0 Å². The van der Waals surface area contributed by atoms with E-state index < -0.39 is 0 Å². The monoisotopic (exact) mass is 400 g/mol. The Bertz CT molecular complexity index is 1090. The minimum atomic E-state index is 0.546. The number of hydrogen-bond acceptors (Lipinski definition) is 3. The highest BCUT2D eigenvalue weighted by molar-refractivity contribution is 6.32. The second-order valence-corrected chi connectivity index (χ2v) is 7.02. The quantitative estimate of drug-likeness (QED) is 0.299. The summed E-state index contributed by atoms with van der Waals surface area (Å²) in [7, 11) is 0. The summed E-state index contributed by atoms with van der Waals surface area (Å²) in [5.74, 6) is 0. The third-order valence-corrected chi connectivity index (χ3v) is 4.97. The molecular formula is C24H21ClN4. The van der Waals surface area contributed by atoms with E-state index in [2.05, 4.69) is 17.2 Å². The third kappa shape index (κ3) is 4.39. The lowest BCUT2D eigenvalue weighted by Crippen LogP contribution is -2.16. The lowest BCUT2D eigenvalue weighted by molar-refractivity contribution is 0.858. The number of aromatic nitrogens is 2. The van der Waals surface area contributed by atoms with Crippen LogP contribution >= 0.6 is 11.6 Å². The summed E-state index contributed by atoms with van der Waals surface area (Å²) in [5.41, 5.74) is 4.75. The van der Waals surface area contributed by atoms with Crippen LogP contribution in [0.1, 0.15) is 16.8 Å². The molecule has 4 rings (SSSR count). The van der Waals surface area contributed by atoms with Crippen molar-refractivity contribution in [2.75, 3.05) is 5.01 Å². The first-order chi connectivity index (χ1) is 14.2. The van der Waals surface area contributed by atoms with Gasteiger partial charge in [-0.3, -0.25) is 5.01 Å². The molecule has 4 aromatic rings. The summed E-state index contributed by atoms with van der Waals surface area (Å²) in [6.07, 6.45) is 1.79. The molecule has 0 amide bonds. The molecule has 4 nitrogen and oxygen atoms in total. The average Bonchev–Trinajstić information content (AvgIpc) is 3.06. The van der Waals surface area contributed by atoms with Gasteiger partial charge in [0.15, 0.2) is 0 Å². The molecule has 144 valence electrons. The molecule has 0 N–H and O–H groups in total. The number of nitrogens with zero attached hydrogens (tertiary/aromatic N) is 4. The highest BCUT2D eigenvalue weighted by Crippen LogP contribution is 2.23. The van der Waals surface area contributed by atoms with Gasteiger partial charge in [-0.05, 0) is 36.8 Å². The van der Waals surface area contributed by atoms with E-state index in [1.165, 1.54) is 5.56 Å². The Balaban J connectivity index is 1.67.